The fraction of sp³-hybridized carbons (Fsp3) is 0.182. The minimum Gasteiger partial charge on any atom is -0.497 e. The van der Waals surface area contributed by atoms with Gasteiger partial charge < -0.3 is 15.0 Å². The van der Waals surface area contributed by atoms with Crippen LogP contribution in [0.2, 0.25) is 0 Å². The van der Waals surface area contributed by atoms with Crippen LogP contribution in [0.25, 0.3) is 11.3 Å². The molecule has 5 heteroatoms. The number of nitrogens with zero attached hydrogens (tertiary/aromatic N) is 1. The molecule has 2 aromatic rings. The van der Waals surface area contributed by atoms with Gasteiger partial charge in [-0.1, -0.05) is 17.3 Å². The van der Waals surface area contributed by atoms with Crippen molar-refractivity contribution < 1.29 is 9.26 Å². The molecule has 4 nitrogen and oxygen atoms in total. The zero-order chi connectivity index (χ0) is 10.7. The number of rotatable bonds is 3. The third kappa shape index (κ3) is 2.53. The van der Waals surface area contributed by atoms with E-state index in [-0.39, 0.29) is 12.4 Å². The van der Waals surface area contributed by atoms with E-state index in [0.717, 1.165) is 17.0 Å². The molecule has 1 aromatic heterocycles. The molecular formula is C11H13ClN2O2. The summed E-state index contributed by atoms with van der Waals surface area (Å²) in [4.78, 5) is 0. The number of benzene rings is 1. The van der Waals surface area contributed by atoms with Crippen LogP contribution in [0.5, 0.6) is 5.75 Å². The Bertz CT molecular complexity index is 457. The maximum atomic E-state index is 5.44. The number of halogens is 1. The lowest BCUT2D eigenvalue weighted by atomic mass is 10.1. The summed E-state index contributed by atoms with van der Waals surface area (Å²) in [5.74, 6) is 1.47. The zero-order valence-corrected chi connectivity index (χ0v) is 9.66. The summed E-state index contributed by atoms with van der Waals surface area (Å²) in [6.07, 6.45) is 0. The van der Waals surface area contributed by atoms with Crippen LogP contribution in [0.3, 0.4) is 0 Å². The van der Waals surface area contributed by atoms with Crippen molar-refractivity contribution in [2.24, 2.45) is 5.73 Å². The monoisotopic (exact) mass is 240 g/mol. The van der Waals surface area contributed by atoms with Crippen LogP contribution in [-0.2, 0) is 6.54 Å². The van der Waals surface area contributed by atoms with E-state index in [1.165, 1.54) is 0 Å². The average molecular weight is 241 g/mol. The second kappa shape index (κ2) is 5.53. The predicted octanol–water partition coefficient (Wildman–Crippen LogP) is 2.23. The Kier molecular flexibility index (Phi) is 4.34. The molecule has 0 aliphatic carbocycles. The van der Waals surface area contributed by atoms with E-state index in [9.17, 15) is 0 Å². The second-order valence-corrected chi connectivity index (χ2v) is 3.11. The van der Waals surface area contributed by atoms with Gasteiger partial charge in [-0.25, -0.2) is 0 Å². The quantitative estimate of drug-likeness (QED) is 0.894. The molecule has 0 saturated heterocycles. The normalized spacial score (nSPS) is 9.62. The van der Waals surface area contributed by atoms with Crippen molar-refractivity contribution in [1.29, 1.82) is 0 Å². The molecule has 0 spiro atoms. The van der Waals surface area contributed by atoms with Crippen molar-refractivity contribution in [3.8, 4) is 17.0 Å². The highest BCUT2D eigenvalue weighted by atomic mass is 35.5. The summed E-state index contributed by atoms with van der Waals surface area (Å²) in [5.41, 5.74) is 7.17. The Hall–Kier alpha value is -1.52. The molecule has 1 aromatic carbocycles. The molecule has 0 saturated carbocycles. The molecule has 16 heavy (non-hydrogen) atoms. The summed E-state index contributed by atoms with van der Waals surface area (Å²) >= 11 is 0. The van der Waals surface area contributed by atoms with Crippen LogP contribution in [0.1, 0.15) is 5.76 Å². The highest BCUT2D eigenvalue weighted by Gasteiger charge is 2.05. The molecule has 0 aliphatic heterocycles. The molecule has 0 aliphatic rings. The highest BCUT2D eigenvalue weighted by molar-refractivity contribution is 5.85. The Balaban J connectivity index is 0.00000128. The first-order valence-corrected chi connectivity index (χ1v) is 4.63. The van der Waals surface area contributed by atoms with E-state index >= 15 is 0 Å². The molecule has 1 heterocycles. The minimum absolute atomic E-state index is 0. The third-order valence-electron chi connectivity index (χ3n) is 2.13. The van der Waals surface area contributed by atoms with Gasteiger partial charge in [0.15, 0.2) is 5.76 Å². The summed E-state index contributed by atoms with van der Waals surface area (Å²) in [7, 11) is 1.63. The number of ether oxygens (including phenoxy) is 1. The van der Waals surface area contributed by atoms with Crippen molar-refractivity contribution >= 4 is 12.4 Å². The molecule has 2 N–H and O–H groups in total. The fourth-order valence-corrected chi connectivity index (χ4v) is 1.33. The van der Waals surface area contributed by atoms with Crippen LogP contribution >= 0.6 is 12.4 Å². The smallest absolute Gasteiger partial charge is 0.150 e. The Morgan fingerprint density at radius 3 is 2.81 bits per heavy atom. The van der Waals surface area contributed by atoms with Gasteiger partial charge in [-0.3, -0.25) is 0 Å². The fourth-order valence-electron chi connectivity index (χ4n) is 1.33. The van der Waals surface area contributed by atoms with Crippen LogP contribution in [0, 0.1) is 0 Å². The first-order chi connectivity index (χ1) is 7.33. The molecule has 0 amide bonds. The van der Waals surface area contributed by atoms with Crippen molar-refractivity contribution in [2.45, 2.75) is 6.54 Å². The summed E-state index contributed by atoms with van der Waals surface area (Å²) in [6.45, 7) is 0.358. The molecule has 0 unspecified atom stereocenters. The van der Waals surface area contributed by atoms with E-state index in [1.54, 1.807) is 7.11 Å². The standard InChI is InChI=1S/C11H12N2O2.ClH/c1-14-9-4-2-3-8(5-9)11-6-10(7-12)15-13-11;/h2-6H,7,12H2,1H3;1H. The first kappa shape index (κ1) is 12.5. The van der Waals surface area contributed by atoms with Crippen molar-refractivity contribution in [1.82, 2.24) is 5.16 Å². The van der Waals surface area contributed by atoms with Crippen molar-refractivity contribution in [3.63, 3.8) is 0 Å². The van der Waals surface area contributed by atoms with Gasteiger partial charge in [0.05, 0.1) is 13.7 Å². The Labute approximate surface area is 99.8 Å². The molecule has 0 fully saturated rings. The maximum Gasteiger partial charge on any atom is 0.150 e. The molecule has 0 bridgehead atoms. The summed E-state index contributed by atoms with van der Waals surface area (Å²) in [5, 5.41) is 3.92. The predicted molar refractivity (Wildman–Crippen MR) is 63.6 cm³/mol. The SMILES string of the molecule is COc1cccc(-c2cc(CN)on2)c1.Cl. The highest BCUT2D eigenvalue weighted by Crippen LogP contribution is 2.23. The molecule has 86 valence electrons. The second-order valence-electron chi connectivity index (χ2n) is 3.11. The largest absolute Gasteiger partial charge is 0.497 e. The van der Waals surface area contributed by atoms with Gasteiger partial charge in [0.2, 0.25) is 0 Å². The molecular weight excluding hydrogens is 228 g/mol. The lowest BCUT2D eigenvalue weighted by Gasteiger charge is -2.00. The molecule has 0 radical (unpaired) electrons. The number of nitrogens with two attached hydrogens (primary N) is 1. The van der Waals surface area contributed by atoms with Gasteiger partial charge in [-0.05, 0) is 12.1 Å². The van der Waals surface area contributed by atoms with Crippen LogP contribution < -0.4 is 10.5 Å². The van der Waals surface area contributed by atoms with Gasteiger partial charge in [0.25, 0.3) is 0 Å². The number of hydrogen-bond acceptors (Lipinski definition) is 4. The van der Waals surface area contributed by atoms with Crippen LogP contribution in [0.15, 0.2) is 34.9 Å². The van der Waals surface area contributed by atoms with Crippen molar-refractivity contribution in [2.75, 3.05) is 7.11 Å². The Morgan fingerprint density at radius 2 is 2.19 bits per heavy atom. The van der Waals surface area contributed by atoms with Crippen molar-refractivity contribution in [3.05, 3.63) is 36.1 Å². The minimum atomic E-state index is 0. The zero-order valence-electron chi connectivity index (χ0n) is 8.84. The van der Waals surface area contributed by atoms with Gasteiger partial charge in [0, 0.05) is 11.6 Å². The third-order valence-corrected chi connectivity index (χ3v) is 2.13. The lowest BCUT2D eigenvalue weighted by Crippen LogP contribution is -1.92. The lowest BCUT2D eigenvalue weighted by molar-refractivity contribution is 0.387. The number of methoxy groups -OCH3 is 1. The molecule has 2 rings (SSSR count). The average Bonchev–Trinajstić information content (AvgIpc) is 2.78. The van der Waals surface area contributed by atoms with Gasteiger partial charge >= 0.3 is 0 Å². The van der Waals surface area contributed by atoms with Gasteiger partial charge in [0.1, 0.15) is 11.4 Å². The van der Waals surface area contributed by atoms with Gasteiger partial charge in [-0.15, -0.1) is 12.4 Å². The van der Waals surface area contributed by atoms with E-state index < -0.39 is 0 Å². The maximum absolute atomic E-state index is 5.44. The van der Waals surface area contributed by atoms with E-state index in [4.69, 9.17) is 15.0 Å². The van der Waals surface area contributed by atoms with E-state index in [2.05, 4.69) is 5.16 Å². The van der Waals surface area contributed by atoms with E-state index in [1.807, 2.05) is 30.3 Å². The summed E-state index contributed by atoms with van der Waals surface area (Å²) in [6, 6.07) is 9.46. The number of hydrogen-bond donors (Lipinski definition) is 1. The van der Waals surface area contributed by atoms with Gasteiger partial charge in [-0.2, -0.15) is 0 Å². The number of aromatic nitrogens is 1. The molecule has 0 atom stereocenters. The Morgan fingerprint density at radius 1 is 1.38 bits per heavy atom. The summed E-state index contributed by atoms with van der Waals surface area (Å²) < 4.78 is 10.2. The van der Waals surface area contributed by atoms with E-state index in [0.29, 0.717) is 12.3 Å². The topological polar surface area (TPSA) is 61.3 Å². The van der Waals surface area contributed by atoms with Crippen LogP contribution in [-0.4, -0.2) is 12.3 Å². The first-order valence-electron chi connectivity index (χ1n) is 4.63. The van der Waals surface area contributed by atoms with Crippen LogP contribution in [0.4, 0.5) is 0 Å².